The summed E-state index contributed by atoms with van der Waals surface area (Å²) in [6, 6.07) is 7.56. The van der Waals surface area contributed by atoms with Gasteiger partial charge in [0.1, 0.15) is 5.84 Å². The maximum absolute atomic E-state index is 10.4. The van der Waals surface area contributed by atoms with Gasteiger partial charge in [-0.15, -0.1) is 0 Å². The molecule has 0 amide bonds. The van der Waals surface area contributed by atoms with E-state index in [1.165, 1.54) is 0 Å². The molecule has 2 rings (SSSR count). The maximum Gasteiger partial charge on any atom is 0.122 e. The lowest BCUT2D eigenvalue weighted by molar-refractivity contribution is 0.0559. The zero-order valence-electron chi connectivity index (χ0n) is 10.8. The smallest absolute Gasteiger partial charge is 0.122 e. The van der Waals surface area contributed by atoms with Gasteiger partial charge in [0, 0.05) is 24.8 Å². The van der Waals surface area contributed by atoms with Gasteiger partial charge in [0.05, 0.1) is 5.60 Å². The molecule has 0 heterocycles. The molecule has 1 aromatic rings. The maximum atomic E-state index is 10.4. The number of nitrogen functional groups attached to an aromatic ring is 1. The van der Waals surface area contributed by atoms with Crippen LogP contribution in [-0.2, 0) is 0 Å². The molecular formula is C14H21N3O. The van der Waals surface area contributed by atoms with Crippen LogP contribution in [0.3, 0.4) is 0 Å². The van der Waals surface area contributed by atoms with Crippen molar-refractivity contribution in [2.75, 3.05) is 18.5 Å². The van der Waals surface area contributed by atoms with E-state index in [-0.39, 0.29) is 5.84 Å². The highest BCUT2D eigenvalue weighted by Crippen LogP contribution is 2.31. The van der Waals surface area contributed by atoms with Gasteiger partial charge in [-0.2, -0.15) is 0 Å². The van der Waals surface area contributed by atoms with Crippen molar-refractivity contribution < 1.29 is 5.11 Å². The minimum atomic E-state index is -0.534. The second-order valence-electron chi connectivity index (χ2n) is 5.25. The first-order valence-corrected chi connectivity index (χ1v) is 6.38. The number of amidine groups is 1. The van der Waals surface area contributed by atoms with Crippen LogP contribution >= 0.6 is 0 Å². The number of aliphatic hydroxyl groups is 1. The van der Waals surface area contributed by atoms with Gasteiger partial charge in [-0.3, -0.25) is 5.41 Å². The fourth-order valence-corrected chi connectivity index (χ4v) is 2.62. The molecule has 0 unspecified atom stereocenters. The van der Waals surface area contributed by atoms with Crippen molar-refractivity contribution >= 4 is 11.5 Å². The quantitative estimate of drug-likeness (QED) is 0.560. The number of anilines is 1. The number of hydrogen-bond acceptors (Lipinski definition) is 3. The first kappa shape index (κ1) is 12.9. The Morgan fingerprint density at radius 2 is 1.89 bits per heavy atom. The third-order valence-corrected chi connectivity index (χ3v) is 3.68. The Morgan fingerprint density at radius 3 is 2.39 bits per heavy atom. The van der Waals surface area contributed by atoms with Crippen LogP contribution in [-0.4, -0.2) is 30.1 Å². The Hall–Kier alpha value is -1.55. The normalized spacial score (nSPS) is 17.7. The molecule has 1 aromatic carbocycles. The van der Waals surface area contributed by atoms with Crippen molar-refractivity contribution in [3.63, 3.8) is 0 Å². The minimum absolute atomic E-state index is 0.0821. The first-order valence-electron chi connectivity index (χ1n) is 6.38. The third-order valence-electron chi connectivity index (χ3n) is 3.68. The highest BCUT2D eigenvalue weighted by Gasteiger charge is 2.32. The highest BCUT2D eigenvalue weighted by atomic mass is 16.3. The molecule has 98 valence electrons. The van der Waals surface area contributed by atoms with Crippen LogP contribution in [0.25, 0.3) is 0 Å². The van der Waals surface area contributed by atoms with Crippen LogP contribution in [0.2, 0.25) is 0 Å². The van der Waals surface area contributed by atoms with E-state index in [1.807, 2.05) is 31.3 Å². The zero-order valence-corrected chi connectivity index (χ0v) is 10.8. The third kappa shape index (κ3) is 2.82. The molecule has 0 saturated heterocycles. The summed E-state index contributed by atoms with van der Waals surface area (Å²) >= 11 is 0. The van der Waals surface area contributed by atoms with Gasteiger partial charge in [0.25, 0.3) is 0 Å². The Bertz CT molecular complexity index is 421. The highest BCUT2D eigenvalue weighted by molar-refractivity contribution is 5.95. The SMILES string of the molecule is CN(CC1(O)CCCC1)c1ccc(C(=N)N)cc1. The van der Waals surface area contributed by atoms with E-state index < -0.39 is 5.60 Å². The molecule has 4 nitrogen and oxygen atoms in total. The van der Waals surface area contributed by atoms with Gasteiger partial charge >= 0.3 is 0 Å². The van der Waals surface area contributed by atoms with Crippen LogP contribution in [0.1, 0.15) is 31.2 Å². The predicted octanol–water partition coefficient (Wildman–Crippen LogP) is 1.71. The molecule has 4 N–H and O–H groups in total. The number of hydrogen-bond donors (Lipinski definition) is 3. The number of nitrogens with zero attached hydrogens (tertiary/aromatic N) is 1. The Labute approximate surface area is 108 Å². The minimum Gasteiger partial charge on any atom is -0.388 e. The summed E-state index contributed by atoms with van der Waals surface area (Å²) in [5, 5.41) is 17.7. The van der Waals surface area contributed by atoms with Gasteiger partial charge in [-0.25, -0.2) is 0 Å². The summed E-state index contributed by atoms with van der Waals surface area (Å²) in [6.07, 6.45) is 4.02. The number of nitrogens with two attached hydrogens (primary N) is 1. The summed E-state index contributed by atoms with van der Waals surface area (Å²) in [5.74, 6) is 0.0821. The fraction of sp³-hybridized carbons (Fsp3) is 0.500. The number of nitrogens with one attached hydrogen (secondary N) is 1. The van der Waals surface area contributed by atoms with Crippen LogP contribution in [0, 0.1) is 5.41 Å². The topological polar surface area (TPSA) is 73.3 Å². The van der Waals surface area contributed by atoms with Crippen LogP contribution in [0.4, 0.5) is 5.69 Å². The molecule has 1 aliphatic rings. The average molecular weight is 247 g/mol. The summed E-state index contributed by atoms with van der Waals surface area (Å²) in [4.78, 5) is 2.06. The van der Waals surface area contributed by atoms with Crippen molar-refractivity contribution in [1.29, 1.82) is 5.41 Å². The molecule has 0 aromatic heterocycles. The van der Waals surface area contributed by atoms with E-state index in [4.69, 9.17) is 11.1 Å². The van der Waals surface area contributed by atoms with E-state index in [9.17, 15) is 5.11 Å². The second kappa shape index (κ2) is 4.98. The lowest BCUT2D eigenvalue weighted by Gasteiger charge is -2.30. The average Bonchev–Trinajstić information content (AvgIpc) is 2.76. The standard InChI is InChI=1S/C14H21N3O/c1-17(10-14(18)8-2-3-9-14)12-6-4-11(5-7-12)13(15)16/h4-7,18H,2-3,8-10H2,1H3,(H3,15,16). The summed E-state index contributed by atoms with van der Waals surface area (Å²) in [5.41, 5.74) is 6.66. The molecule has 0 bridgehead atoms. The molecule has 0 aliphatic heterocycles. The van der Waals surface area contributed by atoms with Crippen molar-refractivity contribution in [3.05, 3.63) is 29.8 Å². The van der Waals surface area contributed by atoms with Crippen LogP contribution < -0.4 is 10.6 Å². The summed E-state index contributed by atoms with van der Waals surface area (Å²) < 4.78 is 0. The number of rotatable bonds is 4. The second-order valence-corrected chi connectivity index (χ2v) is 5.25. The van der Waals surface area contributed by atoms with E-state index >= 15 is 0 Å². The Balaban J connectivity index is 2.04. The molecule has 1 aliphatic carbocycles. The predicted molar refractivity (Wildman–Crippen MR) is 74.1 cm³/mol. The number of benzene rings is 1. The Kier molecular flexibility index (Phi) is 3.57. The monoisotopic (exact) mass is 247 g/mol. The van der Waals surface area contributed by atoms with Gasteiger partial charge in [0.2, 0.25) is 0 Å². The first-order chi connectivity index (χ1) is 8.50. The molecule has 0 atom stereocenters. The van der Waals surface area contributed by atoms with Gasteiger partial charge in [-0.05, 0) is 37.1 Å². The van der Waals surface area contributed by atoms with E-state index in [2.05, 4.69) is 4.90 Å². The molecule has 0 spiro atoms. The van der Waals surface area contributed by atoms with Crippen LogP contribution in [0.15, 0.2) is 24.3 Å². The molecular weight excluding hydrogens is 226 g/mol. The van der Waals surface area contributed by atoms with Gasteiger partial charge in [-0.1, -0.05) is 12.8 Å². The zero-order chi connectivity index (χ0) is 13.2. The molecule has 1 fully saturated rings. The molecule has 18 heavy (non-hydrogen) atoms. The lowest BCUT2D eigenvalue weighted by atomic mass is 10.0. The molecule has 4 heteroatoms. The summed E-state index contributed by atoms with van der Waals surface area (Å²) in [7, 11) is 1.99. The van der Waals surface area contributed by atoms with Crippen molar-refractivity contribution in [2.24, 2.45) is 5.73 Å². The van der Waals surface area contributed by atoms with E-state index in [1.54, 1.807) is 0 Å². The van der Waals surface area contributed by atoms with Gasteiger partial charge in [0.15, 0.2) is 0 Å². The lowest BCUT2D eigenvalue weighted by Crippen LogP contribution is -2.39. The van der Waals surface area contributed by atoms with Crippen molar-refractivity contribution in [3.8, 4) is 0 Å². The van der Waals surface area contributed by atoms with E-state index in [0.29, 0.717) is 6.54 Å². The van der Waals surface area contributed by atoms with Crippen molar-refractivity contribution in [2.45, 2.75) is 31.3 Å². The largest absolute Gasteiger partial charge is 0.388 e. The Morgan fingerprint density at radius 1 is 1.33 bits per heavy atom. The fourth-order valence-electron chi connectivity index (χ4n) is 2.62. The molecule has 0 radical (unpaired) electrons. The van der Waals surface area contributed by atoms with Crippen LogP contribution in [0.5, 0.6) is 0 Å². The van der Waals surface area contributed by atoms with Crippen molar-refractivity contribution in [1.82, 2.24) is 0 Å². The summed E-state index contributed by atoms with van der Waals surface area (Å²) in [6.45, 7) is 0.659. The van der Waals surface area contributed by atoms with E-state index in [0.717, 1.165) is 36.9 Å². The molecule has 1 saturated carbocycles. The van der Waals surface area contributed by atoms with Gasteiger partial charge < -0.3 is 15.7 Å². The number of likely N-dealkylation sites (N-methyl/N-ethyl adjacent to an activating group) is 1.